The topological polar surface area (TPSA) is 144 Å². The predicted molar refractivity (Wildman–Crippen MR) is 199 cm³/mol. The van der Waals surface area contributed by atoms with Gasteiger partial charge in [0.05, 0.1) is 25.0 Å². The molecule has 0 spiro atoms. The minimum absolute atomic E-state index is 0.124. The van der Waals surface area contributed by atoms with E-state index in [1.807, 2.05) is 17.9 Å². The quantitative estimate of drug-likeness (QED) is 0.0576. The van der Waals surface area contributed by atoms with E-state index in [0.717, 1.165) is 55.5 Å². The number of nitrogens with one attached hydrogen (secondary N) is 1. The average Bonchev–Trinajstić information content (AvgIpc) is 3.96. The molecule has 52 heavy (non-hydrogen) atoms. The fraction of sp³-hybridized carbons (Fsp3) is 0.500. The minimum atomic E-state index is -4.55. The highest BCUT2D eigenvalue weighted by atomic mass is 35.5. The second kappa shape index (κ2) is 23.7. The third-order valence-corrected chi connectivity index (χ3v) is 8.13. The van der Waals surface area contributed by atoms with E-state index in [-0.39, 0.29) is 29.6 Å². The van der Waals surface area contributed by atoms with Gasteiger partial charge < -0.3 is 30.5 Å². The number of carbonyl (C=O) groups excluding carboxylic acids is 4. The van der Waals surface area contributed by atoms with Crippen molar-refractivity contribution in [3.63, 3.8) is 0 Å². The van der Waals surface area contributed by atoms with Crippen molar-refractivity contribution in [2.24, 2.45) is 21.7 Å². The third kappa shape index (κ3) is 15.7. The predicted octanol–water partition coefficient (Wildman–Crippen LogP) is 5.84. The van der Waals surface area contributed by atoms with E-state index in [9.17, 15) is 27.6 Å². The van der Waals surface area contributed by atoms with Crippen molar-refractivity contribution in [3.05, 3.63) is 70.0 Å². The molecule has 1 aromatic rings. The molecule has 288 valence electrons. The molecule has 0 bridgehead atoms. The number of hydrogen-bond donors (Lipinski definition) is 2. The van der Waals surface area contributed by atoms with Crippen LogP contribution in [0.15, 0.2) is 64.0 Å². The van der Waals surface area contributed by atoms with Crippen LogP contribution in [0.4, 0.5) is 18.0 Å². The molecule has 1 aliphatic heterocycles. The number of nitrogens with zero attached hydrogens (tertiary/aromatic N) is 6. The number of primary amides is 1. The van der Waals surface area contributed by atoms with Gasteiger partial charge in [0.2, 0.25) is 6.41 Å². The number of aliphatic imine (C=N–C) groups is 1. The Hall–Kier alpha value is -4.66. The van der Waals surface area contributed by atoms with Gasteiger partial charge in [0.25, 0.3) is 5.91 Å². The Morgan fingerprint density at radius 1 is 1.12 bits per heavy atom. The van der Waals surface area contributed by atoms with Crippen molar-refractivity contribution < 1.29 is 32.3 Å². The first-order valence-corrected chi connectivity index (χ1v) is 17.3. The number of nitrogens with two attached hydrogens (primary N) is 1. The number of amides is 4. The zero-order valence-electron chi connectivity index (χ0n) is 30.5. The lowest BCUT2D eigenvalue weighted by Gasteiger charge is -2.39. The van der Waals surface area contributed by atoms with Gasteiger partial charge in [0, 0.05) is 63.6 Å². The van der Waals surface area contributed by atoms with Gasteiger partial charge in [-0.3, -0.25) is 14.6 Å². The number of benzene rings is 1. The number of carbonyl (C=O) groups is 4. The first-order chi connectivity index (χ1) is 24.7. The molecule has 1 saturated carbocycles. The van der Waals surface area contributed by atoms with Crippen LogP contribution in [-0.4, -0.2) is 104 Å². The Balaban J connectivity index is 0.00000150. The molecule has 3 N–H and O–H groups in total. The summed E-state index contributed by atoms with van der Waals surface area (Å²) in [7, 11) is 3.36. The highest BCUT2D eigenvalue weighted by Gasteiger charge is 2.33. The molecule has 0 unspecified atom stereocenters. The molecule has 12 nitrogen and oxygen atoms in total. The Morgan fingerprint density at radius 2 is 1.73 bits per heavy atom. The SMILES string of the molecule is C=CC/C=C(\CCC)CN=CN/C(CC)=C(\C(=O)N(Cc1ccc(C(F)(F)F)cc1Cl)N=C)N1CCN(C(=O)N(C)C)CC1.NC=O.O=CC1CC1. The summed E-state index contributed by atoms with van der Waals surface area (Å²) in [6.07, 6.45) is 7.60. The van der Waals surface area contributed by atoms with Crippen molar-refractivity contribution in [3.8, 4) is 0 Å². The van der Waals surface area contributed by atoms with Crippen molar-refractivity contribution in [2.75, 3.05) is 46.8 Å². The molecule has 16 heteroatoms. The summed E-state index contributed by atoms with van der Waals surface area (Å²) in [5.41, 5.74) is 5.62. The van der Waals surface area contributed by atoms with Gasteiger partial charge >= 0.3 is 12.2 Å². The van der Waals surface area contributed by atoms with E-state index in [0.29, 0.717) is 56.5 Å². The van der Waals surface area contributed by atoms with Crippen LogP contribution in [0.2, 0.25) is 5.02 Å². The van der Waals surface area contributed by atoms with Crippen LogP contribution in [0.25, 0.3) is 0 Å². The van der Waals surface area contributed by atoms with Crippen molar-refractivity contribution in [2.45, 2.75) is 65.1 Å². The van der Waals surface area contributed by atoms with Crippen LogP contribution in [0.5, 0.6) is 0 Å². The largest absolute Gasteiger partial charge is 0.416 e. The second-order valence-electron chi connectivity index (χ2n) is 12.0. The van der Waals surface area contributed by atoms with Crippen LogP contribution >= 0.6 is 11.6 Å². The van der Waals surface area contributed by atoms with Crippen molar-refractivity contribution >= 4 is 49.3 Å². The monoisotopic (exact) mass is 752 g/mol. The number of hydrogen-bond acceptors (Lipinski definition) is 7. The number of rotatable bonds is 15. The van der Waals surface area contributed by atoms with Crippen LogP contribution in [-0.2, 0) is 27.1 Å². The van der Waals surface area contributed by atoms with Gasteiger partial charge in [-0.15, -0.1) is 6.58 Å². The molecular formula is C36H52ClF3N8O4. The Labute approximate surface area is 309 Å². The molecule has 1 heterocycles. The van der Waals surface area contributed by atoms with Crippen LogP contribution in [0.3, 0.4) is 0 Å². The summed E-state index contributed by atoms with van der Waals surface area (Å²) in [6, 6.07) is 2.84. The molecule has 0 aromatic heterocycles. The number of allylic oxidation sites excluding steroid dienone is 3. The summed E-state index contributed by atoms with van der Waals surface area (Å²) >= 11 is 6.19. The zero-order valence-corrected chi connectivity index (χ0v) is 31.3. The highest BCUT2D eigenvalue weighted by Crippen LogP contribution is 2.33. The van der Waals surface area contributed by atoms with Gasteiger partial charge in [-0.1, -0.05) is 55.7 Å². The van der Waals surface area contributed by atoms with E-state index in [1.165, 1.54) is 16.5 Å². The first kappa shape index (κ1) is 45.4. The molecular weight excluding hydrogens is 701 g/mol. The maximum Gasteiger partial charge on any atom is 0.416 e. The number of urea groups is 1. The Kier molecular flexibility index (Phi) is 20.7. The number of halogens is 4. The number of hydrazone groups is 1. The lowest BCUT2D eigenvalue weighted by molar-refractivity contribution is -0.137. The molecule has 1 aromatic carbocycles. The molecule has 2 aliphatic rings. The summed E-state index contributed by atoms with van der Waals surface area (Å²) in [5.74, 6) is -0.0614. The number of piperazine rings is 1. The molecule has 0 radical (unpaired) electrons. The summed E-state index contributed by atoms with van der Waals surface area (Å²) < 4.78 is 39.5. The third-order valence-electron chi connectivity index (χ3n) is 7.78. The van der Waals surface area contributed by atoms with Crippen LogP contribution in [0, 0.1) is 5.92 Å². The standard InChI is InChI=1S/C31H43ClF3N7O2.C4H6O.CH3NO/c1-7-10-12-23(11-8-2)20-37-22-38-27(9-3)28(40-15-17-41(18-16-40)30(44)39(5)6)29(43)42(36-4)21-24-13-14-25(19-26(24)32)31(33,34)35;5-3-4-1-2-4;2-1-3/h7,12-14,19,22H,1,4,8-11,15-18,20-21H2,2-3,5-6H3,(H,37,38);3-4H,1-2H2;1H,(H2,2,3)/b23-12+,28-27+;;. The Bertz CT molecular complexity index is 1440. The second-order valence-corrected chi connectivity index (χ2v) is 12.4. The van der Waals surface area contributed by atoms with E-state index < -0.39 is 17.6 Å². The lowest BCUT2D eigenvalue weighted by atomic mass is 10.1. The molecule has 1 aliphatic carbocycles. The van der Waals surface area contributed by atoms with Gasteiger partial charge in [-0.2, -0.15) is 18.3 Å². The van der Waals surface area contributed by atoms with E-state index >= 15 is 0 Å². The van der Waals surface area contributed by atoms with Crippen molar-refractivity contribution in [1.29, 1.82) is 0 Å². The normalized spacial score (nSPS) is 14.9. The highest BCUT2D eigenvalue weighted by molar-refractivity contribution is 6.31. The van der Waals surface area contributed by atoms with E-state index in [1.54, 1.807) is 25.3 Å². The molecule has 4 amide bonds. The maximum absolute atomic E-state index is 14.1. The fourth-order valence-electron chi connectivity index (χ4n) is 4.85. The lowest BCUT2D eigenvalue weighted by Crippen LogP contribution is -2.53. The molecule has 3 rings (SSSR count). The van der Waals surface area contributed by atoms with Gasteiger partial charge in [0.15, 0.2) is 0 Å². The smallest absolute Gasteiger partial charge is 0.372 e. The number of aldehydes is 1. The van der Waals surface area contributed by atoms with Crippen LogP contribution < -0.4 is 11.1 Å². The summed E-state index contributed by atoms with van der Waals surface area (Å²) in [4.78, 5) is 54.3. The van der Waals surface area contributed by atoms with Crippen molar-refractivity contribution in [1.82, 2.24) is 25.0 Å². The van der Waals surface area contributed by atoms with Crippen LogP contribution in [0.1, 0.15) is 63.5 Å². The summed E-state index contributed by atoms with van der Waals surface area (Å²) in [6.45, 7) is 13.1. The molecule has 1 saturated heterocycles. The van der Waals surface area contributed by atoms with Gasteiger partial charge in [-0.25, -0.2) is 9.80 Å². The maximum atomic E-state index is 14.1. The Morgan fingerprint density at radius 3 is 2.17 bits per heavy atom. The molecule has 0 atom stereocenters. The minimum Gasteiger partial charge on any atom is -0.372 e. The molecule has 2 fully saturated rings. The fourth-order valence-corrected chi connectivity index (χ4v) is 5.09. The zero-order chi connectivity index (χ0) is 39.3. The van der Waals surface area contributed by atoms with Gasteiger partial charge in [-0.05, 0) is 49.8 Å². The average molecular weight is 753 g/mol. The number of alkyl halides is 3. The van der Waals surface area contributed by atoms with E-state index in [2.05, 4.69) is 47.4 Å². The summed E-state index contributed by atoms with van der Waals surface area (Å²) in [5, 5.41) is 8.02. The van der Waals surface area contributed by atoms with Gasteiger partial charge in [0.1, 0.15) is 12.0 Å². The first-order valence-electron chi connectivity index (χ1n) is 16.9. The van der Waals surface area contributed by atoms with E-state index in [4.69, 9.17) is 16.4 Å².